The highest BCUT2D eigenvalue weighted by Gasteiger charge is 2.18. The van der Waals surface area contributed by atoms with Gasteiger partial charge in [0.15, 0.2) is 0 Å². The normalized spacial score (nSPS) is 13.3. The number of carbonyl (C=O) groups is 2. The zero-order chi connectivity index (χ0) is 24.8. The first kappa shape index (κ1) is 24.2. The Labute approximate surface area is 203 Å². The van der Waals surface area contributed by atoms with Crippen LogP contribution in [0.15, 0.2) is 77.7 Å². The van der Waals surface area contributed by atoms with E-state index in [-0.39, 0.29) is 29.1 Å². The Hall–Kier alpha value is -3.92. The van der Waals surface area contributed by atoms with Crippen molar-refractivity contribution in [1.29, 1.82) is 0 Å². The number of rotatable bonds is 7. The zero-order valence-corrected chi connectivity index (χ0v) is 19.6. The number of nitrogens with zero attached hydrogens (tertiary/aromatic N) is 1. The standard InChI is InChI=1S/C25H25FN4O4S/c26-20-8-12-23(13-9-20)35(33,34)29-21-10-6-19(7-11-21)24(31)27-17-18-4-3-5-22(16-18)28-25(32)30-14-1-2-15-30/h3-13,16,29H,1-2,14-15,17H2,(H,27,31)(H,28,32). The number of urea groups is 1. The summed E-state index contributed by atoms with van der Waals surface area (Å²) in [4.78, 5) is 26.5. The molecule has 0 bridgehead atoms. The van der Waals surface area contributed by atoms with Gasteiger partial charge in [0, 0.05) is 36.6 Å². The van der Waals surface area contributed by atoms with Crippen LogP contribution in [-0.2, 0) is 16.6 Å². The predicted octanol–water partition coefficient (Wildman–Crippen LogP) is 4.18. The number of benzene rings is 3. The van der Waals surface area contributed by atoms with E-state index in [0.29, 0.717) is 11.3 Å². The molecule has 1 aliphatic rings. The molecule has 3 N–H and O–H groups in total. The first-order chi connectivity index (χ1) is 16.8. The Balaban J connectivity index is 1.32. The van der Waals surface area contributed by atoms with Gasteiger partial charge in [-0.1, -0.05) is 12.1 Å². The number of hydrogen-bond donors (Lipinski definition) is 3. The molecule has 0 radical (unpaired) electrons. The summed E-state index contributed by atoms with van der Waals surface area (Å²) in [6.07, 6.45) is 2.03. The highest BCUT2D eigenvalue weighted by molar-refractivity contribution is 7.92. The Morgan fingerprint density at radius 2 is 1.57 bits per heavy atom. The summed E-state index contributed by atoms with van der Waals surface area (Å²) in [7, 11) is -3.88. The summed E-state index contributed by atoms with van der Waals surface area (Å²) in [6.45, 7) is 1.77. The van der Waals surface area contributed by atoms with Crippen molar-refractivity contribution in [3.8, 4) is 0 Å². The van der Waals surface area contributed by atoms with E-state index in [1.165, 1.54) is 36.4 Å². The minimum atomic E-state index is -3.88. The molecule has 0 saturated carbocycles. The van der Waals surface area contributed by atoms with Crippen LogP contribution >= 0.6 is 0 Å². The van der Waals surface area contributed by atoms with Crippen LogP contribution < -0.4 is 15.4 Å². The van der Waals surface area contributed by atoms with Gasteiger partial charge in [0.05, 0.1) is 4.90 Å². The van der Waals surface area contributed by atoms with Gasteiger partial charge in [-0.15, -0.1) is 0 Å². The number of sulfonamides is 1. The summed E-state index contributed by atoms with van der Waals surface area (Å²) in [6, 6.07) is 17.6. The predicted molar refractivity (Wildman–Crippen MR) is 131 cm³/mol. The van der Waals surface area contributed by atoms with E-state index in [1.54, 1.807) is 11.0 Å². The molecule has 8 nitrogen and oxygen atoms in total. The Morgan fingerprint density at radius 1 is 0.886 bits per heavy atom. The van der Waals surface area contributed by atoms with Crippen LogP contribution in [0.5, 0.6) is 0 Å². The van der Waals surface area contributed by atoms with Crippen LogP contribution in [0.3, 0.4) is 0 Å². The molecular formula is C25H25FN4O4S. The maximum absolute atomic E-state index is 13.0. The highest BCUT2D eigenvalue weighted by Crippen LogP contribution is 2.18. The van der Waals surface area contributed by atoms with Gasteiger partial charge in [-0.3, -0.25) is 9.52 Å². The molecule has 0 aliphatic carbocycles. The van der Waals surface area contributed by atoms with Gasteiger partial charge >= 0.3 is 6.03 Å². The summed E-state index contributed by atoms with van der Waals surface area (Å²) < 4.78 is 40.3. The molecule has 0 atom stereocenters. The summed E-state index contributed by atoms with van der Waals surface area (Å²) in [5, 5.41) is 5.70. The fourth-order valence-corrected chi connectivity index (χ4v) is 4.74. The first-order valence-corrected chi connectivity index (χ1v) is 12.6. The van der Waals surface area contributed by atoms with E-state index < -0.39 is 15.8 Å². The molecular weight excluding hydrogens is 471 g/mol. The lowest BCUT2D eigenvalue weighted by molar-refractivity contribution is 0.0951. The number of nitrogens with one attached hydrogen (secondary N) is 3. The molecule has 0 unspecified atom stereocenters. The lowest BCUT2D eigenvalue weighted by Crippen LogP contribution is -2.32. The third-order valence-corrected chi connectivity index (χ3v) is 6.95. The van der Waals surface area contributed by atoms with Crippen molar-refractivity contribution >= 4 is 33.3 Å². The maximum Gasteiger partial charge on any atom is 0.321 e. The van der Waals surface area contributed by atoms with Crippen LogP contribution in [0, 0.1) is 5.82 Å². The Morgan fingerprint density at radius 3 is 2.26 bits per heavy atom. The van der Waals surface area contributed by atoms with Gasteiger partial charge in [-0.25, -0.2) is 17.6 Å². The Bertz CT molecular complexity index is 1310. The quantitative estimate of drug-likeness (QED) is 0.456. The van der Waals surface area contributed by atoms with Crippen LogP contribution in [0.1, 0.15) is 28.8 Å². The van der Waals surface area contributed by atoms with E-state index in [4.69, 9.17) is 0 Å². The number of amides is 3. The van der Waals surface area contributed by atoms with Gasteiger partial charge in [0.2, 0.25) is 0 Å². The van der Waals surface area contributed by atoms with Gasteiger partial charge in [0.25, 0.3) is 15.9 Å². The second-order valence-electron chi connectivity index (χ2n) is 8.14. The number of carbonyl (C=O) groups excluding carboxylic acids is 2. The third kappa shape index (κ3) is 6.36. The average molecular weight is 497 g/mol. The highest BCUT2D eigenvalue weighted by atomic mass is 32.2. The molecule has 182 valence electrons. The molecule has 1 saturated heterocycles. The molecule has 10 heteroatoms. The van der Waals surface area contributed by atoms with Crippen LogP contribution in [0.25, 0.3) is 0 Å². The van der Waals surface area contributed by atoms with Crippen LogP contribution in [-0.4, -0.2) is 38.3 Å². The SMILES string of the molecule is O=C(NCc1cccc(NC(=O)N2CCCC2)c1)c1ccc(NS(=O)(=O)c2ccc(F)cc2)cc1. The van der Waals surface area contributed by atoms with Crippen molar-refractivity contribution < 1.29 is 22.4 Å². The van der Waals surface area contributed by atoms with E-state index in [0.717, 1.165) is 43.6 Å². The molecule has 0 aromatic heterocycles. The van der Waals surface area contributed by atoms with Crippen molar-refractivity contribution in [3.05, 3.63) is 89.7 Å². The topological polar surface area (TPSA) is 108 Å². The Kier molecular flexibility index (Phi) is 7.31. The largest absolute Gasteiger partial charge is 0.348 e. The smallest absolute Gasteiger partial charge is 0.321 e. The van der Waals surface area contributed by atoms with E-state index in [9.17, 15) is 22.4 Å². The van der Waals surface area contributed by atoms with Crippen LogP contribution in [0.4, 0.5) is 20.6 Å². The zero-order valence-electron chi connectivity index (χ0n) is 18.8. The van der Waals surface area contributed by atoms with E-state index in [2.05, 4.69) is 15.4 Å². The molecule has 1 aliphatic heterocycles. The van der Waals surface area contributed by atoms with Gasteiger partial charge in [-0.05, 0) is 79.1 Å². The molecule has 3 amide bonds. The van der Waals surface area contributed by atoms with Gasteiger partial charge in [-0.2, -0.15) is 0 Å². The molecule has 1 heterocycles. The lowest BCUT2D eigenvalue weighted by atomic mass is 10.1. The van der Waals surface area contributed by atoms with Gasteiger partial charge in [0.1, 0.15) is 5.82 Å². The van der Waals surface area contributed by atoms with Crippen LogP contribution in [0.2, 0.25) is 0 Å². The average Bonchev–Trinajstić information content (AvgIpc) is 3.39. The number of hydrogen-bond acceptors (Lipinski definition) is 4. The fraction of sp³-hybridized carbons (Fsp3) is 0.200. The second kappa shape index (κ2) is 10.6. The van der Waals surface area contributed by atoms with E-state index >= 15 is 0 Å². The van der Waals surface area contributed by atoms with Gasteiger partial charge < -0.3 is 15.5 Å². The summed E-state index contributed by atoms with van der Waals surface area (Å²) >= 11 is 0. The van der Waals surface area contributed by atoms with Crippen molar-refractivity contribution in [3.63, 3.8) is 0 Å². The van der Waals surface area contributed by atoms with E-state index in [1.807, 2.05) is 18.2 Å². The first-order valence-electron chi connectivity index (χ1n) is 11.1. The second-order valence-corrected chi connectivity index (χ2v) is 9.83. The minimum Gasteiger partial charge on any atom is -0.348 e. The van der Waals surface area contributed by atoms with Crippen molar-refractivity contribution in [2.24, 2.45) is 0 Å². The monoisotopic (exact) mass is 496 g/mol. The number of halogens is 1. The van der Waals surface area contributed by atoms with Crippen molar-refractivity contribution in [1.82, 2.24) is 10.2 Å². The molecule has 1 fully saturated rings. The summed E-state index contributed by atoms with van der Waals surface area (Å²) in [5.74, 6) is -0.859. The maximum atomic E-state index is 13.0. The van der Waals surface area contributed by atoms with Crippen molar-refractivity contribution in [2.45, 2.75) is 24.3 Å². The number of anilines is 2. The molecule has 3 aromatic carbocycles. The third-order valence-electron chi connectivity index (χ3n) is 5.55. The minimum absolute atomic E-state index is 0.0698. The molecule has 0 spiro atoms. The number of likely N-dealkylation sites (tertiary alicyclic amines) is 1. The lowest BCUT2D eigenvalue weighted by Gasteiger charge is -2.16. The molecule has 35 heavy (non-hydrogen) atoms. The molecule has 3 aromatic rings. The summed E-state index contributed by atoms with van der Waals surface area (Å²) in [5.41, 5.74) is 2.10. The van der Waals surface area contributed by atoms with Crippen molar-refractivity contribution in [2.75, 3.05) is 23.1 Å². The molecule has 4 rings (SSSR count). The fourth-order valence-electron chi connectivity index (χ4n) is 3.68.